The number of hydrogen-bond acceptors (Lipinski definition) is 15. The highest BCUT2D eigenvalue weighted by atomic mass is 32.1. The average Bonchev–Trinajstić information content (AvgIpc) is 1.66. The molecule has 0 aliphatic carbocycles. The number of alkyl halides is 15. The predicted octanol–water partition coefficient (Wildman–Crippen LogP) is 28.5. The molecule has 10 aromatic heterocycles. The van der Waals surface area contributed by atoms with E-state index < -0.39 is 58.7 Å². The van der Waals surface area contributed by atoms with E-state index in [1.165, 1.54) is 13.8 Å². The van der Waals surface area contributed by atoms with Gasteiger partial charge in [-0.05, 0) is 92.8 Å². The number of allylic oxidation sites excluding steroid dienone is 1. The van der Waals surface area contributed by atoms with Crippen LogP contribution in [0.4, 0.5) is 108 Å². The summed E-state index contributed by atoms with van der Waals surface area (Å²) in [5.74, 6) is 0. The molecule has 0 amide bonds. The maximum Gasteiger partial charge on any atom is 0.417 e. The molecule has 10 heterocycles. The number of aromatic nitrogens is 5. The largest absolute Gasteiger partial charge is 0.417 e. The van der Waals surface area contributed by atoms with Crippen LogP contribution >= 0.6 is 56.7 Å². The van der Waals surface area contributed by atoms with E-state index in [1.54, 1.807) is 97.1 Å². The smallest absolute Gasteiger partial charge is 0.406 e. The Morgan fingerprint density at radius 2 is 0.496 bits per heavy atom. The third-order valence-corrected chi connectivity index (χ3v) is 23.4. The van der Waals surface area contributed by atoms with Crippen LogP contribution in [0.5, 0.6) is 0 Å². The van der Waals surface area contributed by atoms with Crippen LogP contribution in [0.15, 0.2) is 171 Å². The van der Waals surface area contributed by atoms with Gasteiger partial charge in [-0.15, -0.1) is 56.7 Å². The van der Waals surface area contributed by atoms with Gasteiger partial charge in [0.25, 0.3) is 15.0 Å². The summed E-state index contributed by atoms with van der Waals surface area (Å²) in [4.78, 5) is 38.5. The molecule has 0 aliphatic rings. The summed E-state index contributed by atoms with van der Waals surface area (Å²) in [6.07, 6.45) is -22.8. The summed E-state index contributed by atoms with van der Waals surface area (Å²) in [5.41, 5.74) is 34.1. The van der Waals surface area contributed by atoms with Crippen LogP contribution in [-0.4, -0.2) is 24.9 Å². The molecule has 0 spiro atoms. The molecule has 15 aromatic rings. The summed E-state index contributed by atoms with van der Waals surface area (Å²) in [5, 5.41) is -0.0707. The number of pyridine rings is 5. The molecule has 0 radical (unpaired) electrons. The number of nitrogen functional groups attached to an aromatic ring is 3. The zero-order valence-electron chi connectivity index (χ0n) is 63.1. The van der Waals surface area contributed by atoms with Crippen molar-refractivity contribution < 1.29 is 65.9 Å². The van der Waals surface area contributed by atoms with Gasteiger partial charge in [0.15, 0.2) is 0 Å². The number of rotatable bonds is 8. The highest BCUT2D eigenvalue weighted by Gasteiger charge is 2.41. The van der Waals surface area contributed by atoms with Crippen LogP contribution in [-0.2, 0) is 30.9 Å². The van der Waals surface area contributed by atoms with Crippen molar-refractivity contribution in [3.8, 4) is 56.3 Å². The van der Waals surface area contributed by atoms with Crippen LogP contribution in [0.3, 0.4) is 0 Å². The van der Waals surface area contributed by atoms with E-state index in [0.29, 0.717) is 61.5 Å². The number of fused-ring (bicyclic) bond motifs is 5. The van der Waals surface area contributed by atoms with Crippen molar-refractivity contribution in [2.45, 2.75) is 65.5 Å². The molecule has 0 atom stereocenters. The minimum absolute atomic E-state index is 0.0000659. The lowest BCUT2D eigenvalue weighted by molar-refractivity contribution is -0.137. The summed E-state index contributed by atoms with van der Waals surface area (Å²) in [7, 11) is 0. The van der Waals surface area contributed by atoms with E-state index in [4.69, 9.17) is 61.5 Å². The van der Waals surface area contributed by atoms with Crippen LogP contribution in [0, 0.1) is 60.6 Å². The average molecular weight is 1740 g/mol. The Morgan fingerprint density at radius 1 is 0.306 bits per heavy atom. The van der Waals surface area contributed by atoms with Gasteiger partial charge in [0.05, 0.1) is 106 Å². The van der Waals surface area contributed by atoms with Gasteiger partial charge in [-0.3, -0.25) is 0 Å². The molecular weight excluding hydrogens is 1690 g/mol. The molecule has 0 aliphatic heterocycles. The van der Waals surface area contributed by atoms with Gasteiger partial charge in [0.1, 0.15) is 24.2 Å². The summed E-state index contributed by atoms with van der Waals surface area (Å²) in [6, 6.07) is 39.4. The zero-order valence-corrected chi connectivity index (χ0v) is 67.2. The lowest BCUT2D eigenvalue weighted by atomic mass is 10.0. The fraction of sp³-hybridized carbons (Fsp3) is 0.116. The van der Waals surface area contributed by atoms with Gasteiger partial charge in [0, 0.05) is 66.1 Å². The van der Waals surface area contributed by atoms with E-state index >= 15 is 0 Å². The van der Waals surface area contributed by atoms with Crippen LogP contribution in [0.1, 0.15) is 73.7 Å². The summed E-state index contributed by atoms with van der Waals surface area (Å²) in [6.45, 7) is 55.2. The molecule has 5 aromatic carbocycles. The van der Waals surface area contributed by atoms with Gasteiger partial charge < -0.3 is 28.7 Å². The third kappa shape index (κ3) is 18.7. The molecule has 10 N–H and O–H groups in total. The summed E-state index contributed by atoms with van der Waals surface area (Å²) < 4.78 is 202. The Labute approximate surface area is 698 Å². The van der Waals surface area contributed by atoms with Gasteiger partial charge in [-0.2, -0.15) is 65.9 Å². The number of halogens is 15. The number of nitrogens with zero attached hydrogens (tertiary/aromatic N) is 10. The Balaban J connectivity index is 0.000000148. The molecule has 15 nitrogen and oxygen atoms in total. The highest BCUT2D eigenvalue weighted by Crippen LogP contribution is 2.52. The van der Waals surface area contributed by atoms with Crippen molar-refractivity contribution in [3.63, 3.8) is 0 Å². The van der Waals surface area contributed by atoms with E-state index in [2.05, 4.69) is 68.9 Å². The molecule has 0 fully saturated rings. The highest BCUT2D eigenvalue weighted by molar-refractivity contribution is 7.24. The first-order chi connectivity index (χ1) is 56.8. The molecule has 0 saturated heterocycles. The molecule has 610 valence electrons. The maximum atomic E-state index is 13.5. The van der Waals surface area contributed by atoms with E-state index in [-0.39, 0.29) is 122 Å². The van der Waals surface area contributed by atoms with Crippen molar-refractivity contribution in [1.82, 2.24) is 24.9 Å². The molecule has 35 heteroatoms. The first-order valence-electron chi connectivity index (χ1n) is 34.6. The second-order valence-corrected chi connectivity index (χ2v) is 31.4. The van der Waals surface area contributed by atoms with E-state index in [0.717, 1.165) is 109 Å². The normalized spacial score (nSPS) is 11.5. The van der Waals surface area contributed by atoms with Crippen molar-refractivity contribution in [2.75, 3.05) is 17.2 Å². The van der Waals surface area contributed by atoms with Gasteiger partial charge in [-0.25, -0.2) is 49.1 Å². The minimum atomic E-state index is -4.62. The SMILES string of the molecule is [C-]#[N+]c1sc2nc(-c3ccc(C(=C)C)cc3)cc(C(F)(F)F)c2c1N.[C-]#[N+]c1sc2nc(-c3ccc(C(=C)N)cc3)cc(C(F)(F)F)c2c1C.[C-]#[N+]c1sc2nc(-c3ccc(C(=C)N)cc3)cc(C(F)(F)F)c2c1N.[C-]#[N+]c1sc2nc(-c3ccc(C)cc3)cc(C(F)(F)F)c2c1C.[C-]#[N+]c1sc2nc(-c3ccc(C)cc3)cc(C(F)(F)F)c2c1N. The second-order valence-electron chi connectivity index (χ2n) is 26.5. The number of aryl methyl sites for hydroxylation is 4. The van der Waals surface area contributed by atoms with Crippen LogP contribution < -0.4 is 28.7 Å². The zero-order chi connectivity index (χ0) is 88.6. The fourth-order valence-corrected chi connectivity index (χ4v) is 16.9. The lowest BCUT2D eigenvalue weighted by Crippen LogP contribution is -2.07. The quantitative estimate of drug-likeness (QED) is 0.0716. The molecule has 0 bridgehead atoms. The molecule has 15 rings (SSSR count). The van der Waals surface area contributed by atoms with Gasteiger partial charge in [0.2, 0.25) is 10.0 Å². The van der Waals surface area contributed by atoms with E-state index in [1.807, 2.05) is 45.0 Å². The lowest BCUT2D eigenvalue weighted by Gasteiger charge is -2.12. The Hall–Kier alpha value is -13.7. The first-order valence-corrected chi connectivity index (χ1v) is 38.7. The van der Waals surface area contributed by atoms with E-state index in [9.17, 15) is 65.9 Å². The molecule has 0 unspecified atom stereocenters. The van der Waals surface area contributed by atoms with Crippen LogP contribution in [0.25, 0.3) is 149 Å². The van der Waals surface area contributed by atoms with Crippen molar-refractivity contribution in [3.05, 3.63) is 295 Å². The standard InChI is InChI=1S/2C18H12F3N3S.C17H11F3N4S.C17H11F3N2S.C16H10F3N3S/c1-9-15-13(18(19,20)21)8-14(24-17(15)25-16(9)23-3)12-6-4-11(5-7-12)10(2)22;1-9(2)10-4-6-11(7-5-10)13-8-12(18(19,20)21)14-15(22)17(23-3)25-16(14)24-13;1-8(21)9-3-5-10(6-4-9)12-7-11(17(18,19)20)13-14(22)16(23-2)25-15(13)24-12;1-9-4-6-11(7-5-9)13-8-12(17(18,19)20)14-10(2)15(21-3)23-16(14)22-13;1-8-3-5-9(6-4-8)11-7-10(16(17,18)19)12-13(20)15(21-2)23-14(12)22-11/h4-8H,2,22H2,1H3;4-8H,1,22H2,2H3;3-7H,1,21-22H2;4-8H,1-2H3;3-7H,20H2,1H3. The maximum absolute atomic E-state index is 13.5. The van der Waals surface area contributed by atoms with Crippen molar-refractivity contribution in [2.24, 2.45) is 11.5 Å². The Morgan fingerprint density at radius 3 is 0.694 bits per heavy atom. The Bertz CT molecular complexity index is 6290. The number of hydrogen-bond donors (Lipinski definition) is 5. The Kier molecular flexibility index (Phi) is 25.0. The second kappa shape index (κ2) is 34.3. The van der Waals surface area contributed by atoms with Crippen molar-refractivity contribution in [1.29, 1.82) is 0 Å². The van der Waals surface area contributed by atoms with Gasteiger partial charge >= 0.3 is 30.9 Å². The topological polar surface area (TPSA) is 216 Å². The number of benzene rings is 5. The summed E-state index contributed by atoms with van der Waals surface area (Å²) >= 11 is 4.56. The first kappa shape index (κ1) is 88.1. The minimum Gasteiger partial charge on any atom is -0.406 e. The third-order valence-electron chi connectivity index (χ3n) is 18.3. The molecule has 121 heavy (non-hydrogen) atoms. The number of thiophene rings is 5. The molecular formula is C86H56F15N15S5. The number of nitrogens with two attached hydrogens (primary N) is 5. The fourth-order valence-electron chi connectivity index (χ4n) is 12.2. The van der Waals surface area contributed by atoms with Gasteiger partial charge in [-0.1, -0.05) is 158 Å². The monoisotopic (exact) mass is 1740 g/mol. The predicted molar refractivity (Wildman–Crippen MR) is 455 cm³/mol. The number of anilines is 3. The molecule has 0 saturated carbocycles. The van der Waals surface area contributed by atoms with Crippen LogP contribution in [0.2, 0.25) is 0 Å². The van der Waals surface area contributed by atoms with Crippen molar-refractivity contribution >= 4 is 167 Å².